The standard InChI is InChI=1S/C16H15F2NO3S2/c1-10-7-8-11(24(2,21)22)9-13(10)19-15(20)12-5-3-4-6-14(12)23-16(17)18/h3-9,16H,1-2H3,(H,19,20). The highest BCUT2D eigenvalue weighted by atomic mass is 32.2. The van der Waals surface area contributed by atoms with Crippen LogP contribution in [0.3, 0.4) is 0 Å². The van der Waals surface area contributed by atoms with Crippen LogP contribution in [0.2, 0.25) is 0 Å². The van der Waals surface area contributed by atoms with Crippen molar-refractivity contribution < 1.29 is 22.0 Å². The maximum Gasteiger partial charge on any atom is 0.288 e. The molecular weight excluding hydrogens is 356 g/mol. The number of hydrogen-bond acceptors (Lipinski definition) is 4. The van der Waals surface area contributed by atoms with E-state index in [1.807, 2.05) is 0 Å². The first-order valence-electron chi connectivity index (χ1n) is 6.84. The highest BCUT2D eigenvalue weighted by Crippen LogP contribution is 2.29. The minimum absolute atomic E-state index is 0.0682. The van der Waals surface area contributed by atoms with Crippen molar-refractivity contribution in [1.29, 1.82) is 0 Å². The Hall–Kier alpha value is -1.93. The molecule has 0 fully saturated rings. The van der Waals surface area contributed by atoms with Crippen molar-refractivity contribution in [3.05, 3.63) is 53.6 Å². The topological polar surface area (TPSA) is 63.2 Å². The Morgan fingerprint density at radius 2 is 1.83 bits per heavy atom. The second-order valence-corrected chi connectivity index (χ2v) is 8.13. The summed E-state index contributed by atoms with van der Waals surface area (Å²) in [6.45, 7) is 1.71. The fourth-order valence-corrected chi connectivity index (χ4v) is 3.29. The van der Waals surface area contributed by atoms with Crippen LogP contribution in [0.4, 0.5) is 14.5 Å². The first kappa shape index (κ1) is 18.4. The van der Waals surface area contributed by atoms with Gasteiger partial charge in [0.2, 0.25) is 0 Å². The molecule has 0 unspecified atom stereocenters. The molecule has 0 atom stereocenters. The summed E-state index contributed by atoms with van der Waals surface area (Å²) in [5.41, 5.74) is 1.08. The number of nitrogens with one attached hydrogen (secondary N) is 1. The maximum absolute atomic E-state index is 12.6. The predicted molar refractivity (Wildman–Crippen MR) is 90.5 cm³/mol. The summed E-state index contributed by atoms with van der Waals surface area (Å²) in [6, 6.07) is 10.4. The Bertz CT molecular complexity index is 867. The van der Waals surface area contributed by atoms with Gasteiger partial charge in [0, 0.05) is 16.8 Å². The summed E-state index contributed by atoms with van der Waals surface area (Å²) >= 11 is 0.285. The number of halogens is 2. The van der Waals surface area contributed by atoms with Crippen molar-refractivity contribution in [2.45, 2.75) is 22.5 Å². The molecule has 0 aliphatic rings. The van der Waals surface area contributed by atoms with Gasteiger partial charge in [-0.15, -0.1) is 0 Å². The average Bonchev–Trinajstić information content (AvgIpc) is 2.48. The molecule has 2 aromatic rings. The molecule has 24 heavy (non-hydrogen) atoms. The second kappa shape index (κ2) is 7.31. The lowest BCUT2D eigenvalue weighted by Crippen LogP contribution is -2.14. The monoisotopic (exact) mass is 371 g/mol. The molecule has 2 aromatic carbocycles. The SMILES string of the molecule is Cc1ccc(S(C)(=O)=O)cc1NC(=O)c1ccccc1SC(F)F. The van der Waals surface area contributed by atoms with Crippen LogP contribution in [0.25, 0.3) is 0 Å². The van der Waals surface area contributed by atoms with E-state index in [-0.39, 0.29) is 27.1 Å². The van der Waals surface area contributed by atoms with E-state index in [4.69, 9.17) is 0 Å². The number of hydrogen-bond donors (Lipinski definition) is 1. The number of amides is 1. The first-order valence-corrected chi connectivity index (χ1v) is 9.61. The van der Waals surface area contributed by atoms with Gasteiger partial charge in [0.1, 0.15) is 0 Å². The molecule has 4 nitrogen and oxygen atoms in total. The van der Waals surface area contributed by atoms with E-state index in [0.717, 1.165) is 6.26 Å². The van der Waals surface area contributed by atoms with E-state index in [1.54, 1.807) is 25.1 Å². The first-order chi connectivity index (χ1) is 11.2. The lowest BCUT2D eigenvalue weighted by Gasteiger charge is -2.12. The third kappa shape index (κ3) is 4.55. The normalized spacial score (nSPS) is 11.5. The van der Waals surface area contributed by atoms with Gasteiger partial charge in [-0.2, -0.15) is 8.78 Å². The number of sulfone groups is 1. The molecule has 0 bridgehead atoms. The Balaban J connectivity index is 2.34. The number of aryl methyl sites for hydroxylation is 1. The zero-order chi connectivity index (χ0) is 17.9. The van der Waals surface area contributed by atoms with E-state index in [9.17, 15) is 22.0 Å². The van der Waals surface area contributed by atoms with Gasteiger partial charge in [-0.3, -0.25) is 4.79 Å². The molecule has 128 valence electrons. The molecule has 0 aromatic heterocycles. The summed E-state index contributed by atoms with van der Waals surface area (Å²) < 4.78 is 48.5. The van der Waals surface area contributed by atoms with Gasteiger partial charge in [0.15, 0.2) is 9.84 Å². The van der Waals surface area contributed by atoms with E-state index >= 15 is 0 Å². The largest absolute Gasteiger partial charge is 0.322 e. The van der Waals surface area contributed by atoms with E-state index < -0.39 is 21.5 Å². The molecule has 1 amide bonds. The quantitative estimate of drug-likeness (QED) is 0.808. The lowest BCUT2D eigenvalue weighted by atomic mass is 10.1. The summed E-state index contributed by atoms with van der Waals surface area (Å²) in [4.78, 5) is 12.6. The molecule has 0 aliphatic carbocycles. The second-order valence-electron chi connectivity index (χ2n) is 5.08. The lowest BCUT2D eigenvalue weighted by molar-refractivity contribution is 0.102. The van der Waals surface area contributed by atoms with Crippen molar-refractivity contribution in [3.8, 4) is 0 Å². The van der Waals surface area contributed by atoms with Gasteiger partial charge in [-0.1, -0.05) is 30.0 Å². The highest BCUT2D eigenvalue weighted by molar-refractivity contribution is 7.99. The van der Waals surface area contributed by atoms with Gasteiger partial charge >= 0.3 is 0 Å². The van der Waals surface area contributed by atoms with E-state index in [1.165, 1.54) is 24.3 Å². The third-order valence-corrected chi connectivity index (χ3v) is 5.13. The third-order valence-electron chi connectivity index (χ3n) is 3.23. The molecule has 1 N–H and O–H groups in total. The fraction of sp³-hybridized carbons (Fsp3) is 0.188. The van der Waals surface area contributed by atoms with Crippen LogP contribution in [0.15, 0.2) is 52.3 Å². The van der Waals surface area contributed by atoms with E-state index in [2.05, 4.69) is 5.32 Å². The van der Waals surface area contributed by atoms with Crippen LogP contribution >= 0.6 is 11.8 Å². The molecular formula is C16H15F2NO3S2. The Kier molecular flexibility index (Phi) is 5.61. The summed E-state index contributed by atoms with van der Waals surface area (Å²) in [5.74, 6) is -3.22. The summed E-state index contributed by atoms with van der Waals surface area (Å²) in [5, 5.41) is 2.59. The summed E-state index contributed by atoms with van der Waals surface area (Å²) in [7, 11) is -3.42. The van der Waals surface area contributed by atoms with Gasteiger partial charge in [0.25, 0.3) is 11.7 Å². The number of carbonyl (C=O) groups is 1. The average molecular weight is 371 g/mol. The van der Waals surface area contributed by atoms with Crippen LogP contribution in [0, 0.1) is 6.92 Å². The molecule has 0 radical (unpaired) electrons. The number of thioether (sulfide) groups is 1. The van der Waals surface area contributed by atoms with Crippen molar-refractivity contribution in [1.82, 2.24) is 0 Å². The molecule has 0 spiro atoms. The number of rotatable bonds is 5. The van der Waals surface area contributed by atoms with Crippen molar-refractivity contribution in [2.24, 2.45) is 0 Å². The minimum Gasteiger partial charge on any atom is -0.322 e. The molecule has 0 saturated carbocycles. The van der Waals surface area contributed by atoms with Crippen LogP contribution in [-0.2, 0) is 9.84 Å². The van der Waals surface area contributed by atoms with Crippen LogP contribution < -0.4 is 5.32 Å². The van der Waals surface area contributed by atoms with Crippen LogP contribution in [-0.4, -0.2) is 26.3 Å². The smallest absolute Gasteiger partial charge is 0.288 e. The zero-order valence-corrected chi connectivity index (χ0v) is 14.5. The van der Waals surface area contributed by atoms with Crippen molar-refractivity contribution in [3.63, 3.8) is 0 Å². The predicted octanol–water partition coefficient (Wildman–Crippen LogP) is 3.97. The highest BCUT2D eigenvalue weighted by Gasteiger charge is 2.17. The number of anilines is 1. The number of carbonyl (C=O) groups excluding carboxylic acids is 1. The van der Waals surface area contributed by atoms with Gasteiger partial charge < -0.3 is 5.32 Å². The van der Waals surface area contributed by atoms with E-state index in [0.29, 0.717) is 11.3 Å². The molecule has 0 aliphatic heterocycles. The van der Waals surface area contributed by atoms with Crippen molar-refractivity contribution in [2.75, 3.05) is 11.6 Å². The Morgan fingerprint density at radius 1 is 1.17 bits per heavy atom. The molecule has 8 heteroatoms. The van der Waals surface area contributed by atoms with Crippen LogP contribution in [0.1, 0.15) is 15.9 Å². The van der Waals surface area contributed by atoms with Gasteiger partial charge in [0.05, 0.1) is 10.5 Å². The van der Waals surface area contributed by atoms with Gasteiger partial charge in [-0.25, -0.2) is 8.42 Å². The molecule has 0 saturated heterocycles. The Labute approximate surface area is 143 Å². The maximum atomic E-state index is 12.6. The molecule has 2 rings (SSSR count). The van der Waals surface area contributed by atoms with Gasteiger partial charge in [-0.05, 0) is 36.8 Å². The van der Waals surface area contributed by atoms with Crippen molar-refractivity contribution >= 4 is 33.2 Å². The number of alkyl halides is 2. The number of benzene rings is 2. The Morgan fingerprint density at radius 3 is 2.46 bits per heavy atom. The zero-order valence-electron chi connectivity index (χ0n) is 12.9. The fourth-order valence-electron chi connectivity index (χ4n) is 2.01. The molecule has 0 heterocycles. The minimum atomic E-state index is -3.42. The van der Waals surface area contributed by atoms with Crippen LogP contribution in [0.5, 0.6) is 0 Å². The summed E-state index contributed by atoms with van der Waals surface area (Å²) in [6.07, 6.45) is 1.07.